The first-order chi connectivity index (χ1) is 8.04. The fraction of sp³-hybridized carbons (Fsp3) is 0.250. The highest BCUT2D eigenvalue weighted by Crippen LogP contribution is 2.25. The minimum absolute atomic E-state index is 0.344. The summed E-state index contributed by atoms with van der Waals surface area (Å²) in [7, 11) is 1.35. The number of halogens is 2. The van der Waals surface area contributed by atoms with Crippen LogP contribution in [0.25, 0.3) is 0 Å². The van der Waals surface area contributed by atoms with Crippen molar-refractivity contribution in [2.45, 2.75) is 6.92 Å². The molecule has 0 radical (unpaired) electrons. The van der Waals surface area contributed by atoms with E-state index in [9.17, 15) is 4.79 Å². The Morgan fingerprint density at radius 3 is 2.82 bits per heavy atom. The third kappa shape index (κ3) is 4.29. The average molecular weight is 274 g/mol. The molecule has 1 aromatic carbocycles. The number of carbonyl (C=O) groups excluding carboxylic acids is 1. The Morgan fingerprint density at radius 1 is 1.47 bits per heavy atom. The maximum Gasteiger partial charge on any atom is 0.333 e. The highest BCUT2D eigenvalue weighted by molar-refractivity contribution is 6.35. The third-order valence-corrected chi connectivity index (χ3v) is 2.70. The van der Waals surface area contributed by atoms with Gasteiger partial charge in [0.2, 0.25) is 0 Å². The molecule has 1 aromatic rings. The fourth-order valence-corrected chi connectivity index (χ4v) is 1.55. The van der Waals surface area contributed by atoms with E-state index in [1.807, 2.05) is 0 Å². The Bertz CT molecular complexity index is 444. The van der Waals surface area contributed by atoms with Crippen LogP contribution in [0.4, 0.5) is 5.69 Å². The van der Waals surface area contributed by atoms with Gasteiger partial charge in [0, 0.05) is 17.1 Å². The topological polar surface area (TPSA) is 38.3 Å². The largest absolute Gasteiger partial charge is 0.466 e. The van der Waals surface area contributed by atoms with Crippen LogP contribution in [0.15, 0.2) is 29.8 Å². The van der Waals surface area contributed by atoms with E-state index in [1.54, 1.807) is 31.2 Å². The number of benzene rings is 1. The first-order valence-corrected chi connectivity index (χ1v) is 5.74. The van der Waals surface area contributed by atoms with Crippen LogP contribution in [0.3, 0.4) is 0 Å². The predicted molar refractivity (Wildman–Crippen MR) is 70.7 cm³/mol. The van der Waals surface area contributed by atoms with Gasteiger partial charge in [0.15, 0.2) is 0 Å². The summed E-state index contributed by atoms with van der Waals surface area (Å²) >= 11 is 11.8. The van der Waals surface area contributed by atoms with Crippen molar-refractivity contribution in [3.05, 3.63) is 39.9 Å². The number of methoxy groups -OCH3 is 1. The molecule has 0 fully saturated rings. The molecule has 0 aromatic heterocycles. The lowest BCUT2D eigenvalue weighted by Crippen LogP contribution is -2.05. The molecular weight excluding hydrogens is 261 g/mol. The highest BCUT2D eigenvalue weighted by atomic mass is 35.5. The van der Waals surface area contributed by atoms with Crippen molar-refractivity contribution in [2.75, 3.05) is 19.0 Å². The van der Waals surface area contributed by atoms with Crippen molar-refractivity contribution < 1.29 is 9.53 Å². The molecule has 17 heavy (non-hydrogen) atoms. The maximum atomic E-state index is 11.1. The van der Waals surface area contributed by atoms with Crippen LogP contribution in [0.1, 0.15) is 6.92 Å². The summed E-state index contributed by atoms with van der Waals surface area (Å²) in [4.78, 5) is 11.1. The van der Waals surface area contributed by atoms with E-state index < -0.39 is 0 Å². The van der Waals surface area contributed by atoms with Gasteiger partial charge in [0.1, 0.15) is 0 Å². The van der Waals surface area contributed by atoms with Crippen molar-refractivity contribution in [1.29, 1.82) is 0 Å². The number of esters is 1. The number of hydrogen-bond donors (Lipinski definition) is 1. The van der Waals surface area contributed by atoms with Gasteiger partial charge in [-0.15, -0.1) is 0 Å². The molecule has 0 saturated carbocycles. The molecule has 0 aliphatic heterocycles. The Hall–Kier alpha value is -1.19. The van der Waals surface area contributed by atoms with Gasteiger partial charge in [0.25, 0.3) is 0 Å². The van der Waals surface area contributed by atoms with Crippen molar-refractivity contribution in [2.24, 2.45) is 0 Å². The normalized spacial score (nSPS) is 11.2. The molecule has 3 nitrogen and oxygen atoms in total. The van der Waals surface area contributed by atoms with Crippen LogP contribution in [0.2, 0.25) is 10.0 Å². The van der Waals surface area contributed by atoms with Crippen LogP contribution in [0.5, 0.6) is 0 Å². The molecule has 0 heterocycles. The second kappa shape index (κ2) is 6.52. The summed E-state index contributed by atoms with van der Waals surface area (Å²) in [5.41, 5.74) is 1.27. The van der Waals surface area contributed by atoms with E-state index in [0.29, 0.717) is 22.2 Å². The van der Waals surface area contributed by atoms with Gasteiger partial charge in [-0.2, -0.15) is 0 Å². The van der Waals surface area contributed by atoms with Crippen molar-refractivity contribution in [3.8, 4) is 0 Å². The SMILES string of the molecule is COC(=O)/C(C)=C/CNc1cc(Cl)ccc1Cl. The van der Waals surface area contributed by atoms with Gasteiger partial charge in [-0.1, -0.05) is 29.3 Å². The monoisotopic (exact) mass is 273 g/mol. The van der Waals surface area contributed by atoms with Crippen LogP contribution in [0, 0.1) is 0 Å². The van der Waals surface area contributed by atoms with Gasteiger partial charge in [-0.25, -0.2) is 4.79 Å². The summed E-state index contributed by atoms with van der Waals surface area (Å²) in [6.45, 7) is 2.16. The summed E-state index contributed by atoms with van der Waals surface area (Å²) < 4.78 is 4.58. The number of ether oxygens (including phenoxy) is 1. The zero-order chi connectivity index (χ0) is 12.8. The van der Waals surface area contributed by atoms with Crippen molar-refractivity contribution >= 4 is 34.9 Å². The average Bonchev–Trinajstić information content (AvgIpc) is 2.32. The minimum Gasteiger partial charge on any atom is -0.466 e. The number of hydrogen-bond acceptors (Lipinski definition) is 3. The van der Waals surface area contributed by atoms with E-state index in [1.165, 1.54) is 7.11 Å². The predicted octanol–water partition coefficient (Wildman–Crippen LogP) is 3.52. The fourth-order valence-electron chi connectivity index (χ4n) is 1.19. The Labute approximate surface area is 110 Å². The first kappa shape index (κ1) is 13.9. The number of rotatable bonds is 4. The van der Waals surface area contributed by atoms with E-state index in [4.69, 9.17) is 23.2 Å². The van der Waals surface area contributed by atoms with Crippen LogP contribution < -0.4 is 5.32 Å². The lowest BCUT2D eigenvalue weighted by atomic mass is 10.2. The number of carbonyl (C=O) groups is 1. The van der Waals surface area contributed by atoms with E-state index in [0.717, 1.165) is 5.69 Å². The van der Waals surface area contributed by atoms with E-state index in [-0.39, 0.29) is 5.97 Å². The summed E-state index contributed by atoms with van der Waals surface area (Å²) in [5, 5.41) is 4.25. The standard InChI is InChI=1S/C12H13Cl2NO2/c1-8(12(16)17-2)5-6-15-11-7-9(13)3-4-10(11)14/h3-5,7,15H,6H2,1-2H3/b8-5+. The highest BCUT2D eigenvalue weighted by Gasteiger charge is 2.03. The molecule has 1 rings (SSSR count). The lowest BCUT2D eigenvalue weighted by Gasteiger charge is -2.07. The zero-order valence-electron chi connectivity index (χ0n) is 9.59. The molecule has 0 bridgehead atoms. The molecule has 0 saturated heterocycles. The number of anilines is 1. The molecular formula is C12H13Cl2NO2. The van der Waals surface area contributed by atoms with E-state index in [2.05, 4.69) is 10.1 Å². The molecule has 92 valence electrons. The molecule has 0 atom stereocenters. The summed E-state index contributed by atoms with van der Waals surface area (Å²) in [6, 6.07) is 5.15. The van der Waals surface area contributed by atoms with Gasteiger partial charge < -0.3 is 10.1 Å². The molecule has 1 N–H and O–H groups in total. The molecule has 5 heteroatoms. The minimum atomic E-state index is -0.344. The van der Waals surface area contributed by atoms with Crippen LogP contribution in [-0.4, -0.2) is 19.6 Å². The van der Waals surface area contributed by atoms with Crippen LogP contribution in [-0.2, 0) is 9.53 Å². The van der Waals surface area contributed by atoms with Gasteiger partial charge in [0.05, 0.1) is 17.8 Å². The van der Waals surface area contributed by atoms with Gasteiger partial charge in [-0.3, -0.25) is 0 Å². The summed E-state index contributed by atoms with van der Waals surface area (Å²) in [6.07, 6.45) is 1.73. The van der Waals surface area contributed by atoms with E-state index >= 15 is 0 Å². The number of nitrogens with one attached hydrogen (secondary N) is 1. The molecule has 0 spiro atoms. The second-order valence-electron chi connectivity index (χ2n) is 3.38. The maximum absolute atomic E-state index is 11.1. The third-order valence-electron chi connectivity index (χ3n) is 2.14. The van der Waals surface area contributed by atoms with Gasteiger partial charge >= 0.3 is 5.97 Å². The summed E-state index contributed by atoms with van der Waals surface area (Å²) in [5.74, 6) is -0.344. The van der Waals surface area contributed by atoms with Crippen molar-refractivity contribution in [1.82, 2.24) is 0 Å². The van der Waals surface area contributed by atoms with Crippen molar-refractivity contribution in [3.63, 3.8) is 0 Å². The second-order valence-corrected chi connectivity index (χ2v) is 4.23. The smallest absolute Gasteiger partial charge is 0.333 e. The Morgan fingerprint density at radius 2 is 2.18 bits per heavy atom. The lowest BCUT2D eigenvalue weighted by molar-refractivity contribution is -0.136. The van der Waals surface area contributed by atoms with Crippen LogP contribution >= 0.6 is 23.2 Å². The molecule has 0 aliphatic carbocycles. The van der Waals surface area contributed by atoms with Gasteiger partial charge in [-0.05, 0) is 25.1 Å². The first-order valence-electron chi connectivity index (χ1n) is 4.98. The Kier molecular flexibility index (Phi) is 5.32. The molecule has 0 unspecified atom stereocenters. The quantitative estimate of drug-likeness (QED) is 0.674. The Balaban J connectivity index is 2.62. The molecule has 0 amide bonds. The zero-order valence-corrected chi connectivity index (χ0v) is 11.1. The molecule has 0 aliphatic rings.